The second kappa shape index (κ2) is 6.57. The maximum absolute atomic E-state index is 11.0. The molecule has 92 valence electrons. The third kappa shape index (κ3) is 3.47. The lowest BCUT2D eigenvalue weighted by atomic mass is 10.2. The fraction of sp³-hybridized carbons (Fsp3) is 0.100. The third-order valence-electron chi connectivity index (χ3n) is 1.83. The van der Waals surface area contributed by atoms with Crippen LogP contribution in [0.3, 0.4) is 0 Å². The molecule has 0 fully saturated rings. The molecule has 0 heterocycles. The van der Waals surface area contributed by atoms with Crippen LogP contribution in [0.2, 0.25) is 10.0 Å². The van der Waals surface area contributed by atoms with Gasteiger partial charge in [0.2, 0.25) is 0 Å². The van der Waals surface area contributed by atoms with E-state index in [1.165, 1.54) is 0 Å². The van der Waals surface area contributed by atoms with E-state index >= 15 is 0 Å². The van der Waals surface area contributed by atoms with E-state index in [1.807, 2.05) is 0 Å². The molecule has 0 amide bonds. The Kier molecular flexibility index (Phi) is 5.99. The van der Waals surface area contributed by atoms with Crippen molar-refractivity contribution in [1.82, 2.24) is 0 Å². The summed E-state index contributed by atoms with van der Waals surface area (Å²) in [5, 5.41) is 0.836. The first-order valence-corrected chi connectivity index (χ1v) is 7.33. The average Bonchev–Trinajstić information content (AvgIpc) is 2.33. The van der Waals surface area contributed by atoms with Crippen LogP contribution in [0.25, 0.3) is 0 Å². The van der Waals surface area contributed by atoms with Crippen molar-refractivity contribution in [3.8, 4) is 0 Å². The van der Waals surface area contributed by atoms with Crippen molar-refractivity contribution in [3.63, 3.8) is 0 Å². The van der Waals surface area contributed by atoms with Crippen molar-refractivity contribution in [1.29, 1.82) is 0 Å². The lowest BCUT2D eigenvalue weighted by Gasteiger charge is -2.12. The Morgan fingerprint density at radius 2 is 1.76 bits per heavy atom. The van der Waals surface area contributed by atoms with E-state index in [-0.39, 0.29) is 6.61 Å². The molecule has 0 aliphatic rings. The summed E-state index contributed by atoms with van der Waals surface area (Å²) in [6.07, 6.45) is 1.09. The Morgan fingerprint density at radius 3 is 2.29 bits per heavy atom. The normalized spacial score (nSPS) is 10.2. The van der Waals surface area contributed by atoms with Crippen LogP contribution >= 0.6 is 71.0 Å². The molecule has 0 saturated heterocycles. The number of benzene rings is 1. The molecule has 0 radical (unpaired) electrons. The Hall–Kier alpha value is 0.450. The molecule has 1 rings (SSSR count). The van der Waals surface area contributed by atoms with Crippen LogP contribution in [0.15, 0.2) is 26.1 Å². The van der Waals surface area contributed by atoms with Gasteiger partial charge in [0.15, 0.2) is 0 Å². The van der Waals surface area contributed by atoms with Gasteiger partial charge in [-0.05, 0) is 47.8 Å². The highest BCUT2D eigenvalue weighted by molar-refractivity contribution is 9.13. The number of esters is 1. The number of rotatable bonds is 3. The lowest BCUT2D eigenvalue weighted by Crippen LogP contribution is -2.02. The Morgan fingerprint density at radius 1 is 1.18 bits per heavy atom. The summed E-state index contributed by atoms with van der Waals surface area (Å²) < 4.78 is 6.76. The minimum Gasteiger partial charge on any atom is -0.458 e. The van der Waals surface area contributed by atoms with E-state index in [0.717, 1.165) is 6.08 Å². The number of carbonyl (C=O) groups excluding carboxylic acids is 1. The van der Waals surface area contributed by atoms with Crippen LogP contribution in [-0.2, 0) is 16.1 Å². The van der Waals surface area contributed by atoms with Gasteiger partial charge in [0.25, 0.3) is 0 Å². The molecule has 1 aromatic rings. The zero-order valence-electron chi connectivity index (χ0n) is 8.20. The van der Waals surface area contributed by atoms with Gasteiger partial charge in [-0.25, -0.2) is 4.79 Å². The van der Waals surface area contributed by atoms with Crippen molar-refractivity contribution in [3.05, 3.63) is 41.7 Å². The molecule has 0 bridgehead atoms. The average molecular weight is 468 g/mol. The van der Waals surface area contributed by atoms with Crippen LogP contribution in [-0.4, -0.2) is 5.97 Å². The number of hydrogen-bond acceptors (Lipinski definition) is 2. The summed E-state index contributed by atoms with van der Waals surface area (Å²) in [4.78, 5) is 11.0. The van der Waals surface area contributed by atoms with Crippen molar-refractivity contribution in [2.45, 2.75) is 6.61 Å². The summed E-state index contributed by atoms with van der Waals surface area (Å²) in [5.41, 5.74) is 0.616. The molecule has 0 aliphatic heterocycles. The van der Waals surface area contributed by atoms with Crippen LogP contribution in [0.1, 0.15) is 5.56 Å². The first kappa shape index (κ1) is 15.5. The Bertz CT molecular complexity index is 460. The minimum absolute atomic E-state index is 0.0264. The van der Waals surface area contributed by atoms with Crippen molar-refractivity contribution in [2.24, 2.45) is 0 Å². The molecule has 2 nitrogen and oxygen atoms in total. The molecule has 0 N–H and O–H groups in total. The van der Waals surface area contributed by atoms with E-state index in [0.29, 0.717) is 29.0 Å². The van der Waals surface area contributed by atoms with E-state index in [4.69, 9.17) is 27.9 Å². The quantitative estimate of drug-likeness (QED) is 0.254. The molecule has 0 unspecified atom stereocenters. The summed E-state index contributed by atoms with van der Waals surface area (Å²) in [5.74, 6) is -0.518. The number of ether oxygens (including phenoxy) is 1. The third-order valence-corrected chi connectivity index (χ3v) is 6.30. The van der Waals surface area contributed by atoms with Gasteiger partial charge in [-0.3, -0.25) is 0 Å². The number of halogens is 5. The molecule has 0 atom stereocenters. The van der Waals surface area contributed by atoms with Gasteiger partial charge < -0.3 is 4.74 Å². The van der Waals surface area contributed by atoms with E-state index in [9.17, 15) is 4.79 Å². The Balaban J connectivity index is 3.16. The smallest absolute Gasteiger partial charge is 0.330 e. The number of carbonyl (C=O) groups is 1. The van der Waals surface area contributed by atoms with Gasteiger partial charge in [0.1, 0.15) is 6.61 Å². The predicted molar refractivity (Wildman–Crippen MR) is 79.6 cm³/mol. The zero-order chi connectivity index (χ0) is 13.2. The standard InChI is InChI=1S/C10H5Br3Cl2O2/c1-2-5(16)17-3-4-6(11)7(12)10(15)8(13)9(4)14/h2H,1,3H2. The fourth-order valence-corrected chi connectivity index (χ4v) is 3.34. The SMILES string of the molecule is C=CC(=O)OCc1c(Cl)c(Br)c(Cl)c(Br)c1Br. The van der Waals surface area contributed by atoms with Crippen LogP contribution in [0, 0.1) is 0 Å². The van der Waals surface area contributed by atoms with Gasteiger partial charge in [-0.2, -0.15) is 0 Å². The molecule has 0 aromatic heterocycles. The molecule has 0 aliphatic carbocycles. The van der Waals surface area contributed by atoms with Crippen LogP contribution < -0.4 is 0 Å². The molecule has 0 saturated carbocycles. The fourth-order valence-electron chi connectivity index (χ4n) is 0.979. The van der Waals surface area contributed by atoms with Crippen molar-refractivity contribution < 1.29 is 9.53 Å². The maximum Gasteiger partial charge on any atom is 0.330 e. The van der Waals surface area contributed by atoms with Crippen molar-refractivity contribution in [2.75, 3.05) is 0 Å². The van der Waals surface area contributed by atoms with E-state index in [1.54, 1.807) is 0 Å². The second-order valence-electron chi connectivity index (χ2n) is 2.86. The lowest BCUT2D eigenvalue weighted by molar-refractivity contribution is -0.138. The van der Waals surface area contributed by atoms with Gasteiger partial charge in [0.05, 0.1) is 19.0 Å². The summed E-state index contributed by atoms with van der Waals surface area (Å²) in [6, 6.07) is 0. The maximum atomic E-state index is 11.0. The molecule has 1 aromatic carbocycles. The molecule has 0 spiro atoms. The van der Waals surface area contributed by atoms with E-state index in [2.05, 4.69) is 54.4 Å². The first-order valence-electron chi connectivity index (χ1n) is 4.19. The topological polar surface area (TPSA) is 26.3 Å². The monoisotopic (exact) mass is 464 g/mol. The van der Waals surface area contributed by atoms with Gasteiger partial charge in [-0.1, -0.05) is 29.8 Å². The highest BCUT2D eigenvalue weighted by Gasteiger charge is 2.18. The van der Waals surface area contributed by atoms with Gasteiger partial charge in [0, 0.05) is 16.1 Å². The van der Waals surface area contributed by atoms with Gasteiger partial charge >= 0.3 is 5.97 Å². The first-order chi connectivity index (χ1) is 7.90. The molecule has 7 heteroatoms. The predicted octanol–water partition coefficient (Wildman–Crippen LogP) is 5.51. The summed E-state index contributed by atoms with van der Waals surface area (Å²) in [6.45, 7) is 3.33. The van der Waals surface area contributed by atoms with Crippen LogP contribution in [0.4, 0.5) is 0 Å². The summed E-state index contributed by atoms with van der Waals surface area (Å²) in [7, 11) is 0. The summed E-state index contributed by atoms with van der Waals surface area (Å²) >= 11 is 22.0. The van der Waals surface area contributed by atoms with Crippen molar-refractivity contribution >= 4 is 77.0 Å². The molecular formula is C10H5Br3Cl2O2. The second-order valence-corrected chi connectivity index (χ2v) is 6.00. The zero-order valence-corrected chi connectivity index (χ0v) is 14.5. The largest absolute Gasteiger partial charge is 0.458 e. The molecular weight excluding hydrogens is 463 g/mol. The van der Waals surface area contributed by atoms with Crippen LogP contribution in [0.5, 0.6) is 0 Å². The minimum atomic E-state index is -0.518. The number of hydrogen-bond donors (Lipinski definition) is 0. The Labute approximate surface area is 134 Å². The highest BCUT2D eigenvalue weighted by atomic mass is 79.9. The van der Waals surface area contributed by atoms with Gasteiger partial charge in [-0.15, -0.1) is 0 Å². The highest BCUT2D eigenvalue weighted by Crippen LogP contribution is 2.44. The molecule has 17 heavy (non-hydrogen) atoms. The van der Waals surface area contributed by atoms with E-state index < -0.39 is 5.97 Å².